The Morgan fingerprint density at radius 2 is 1.65 bits per heavy atom. The second kappa shape index (κ2) is 5.19. The molecule has 0 saturated heterocycles. The Morgan fingerprint density at radius 1 is 0.950 bits per heavy atom. The number of rotatable bonds is 2. The number of nitrogens with one attached hydrogen (secondary N) is 1. The molecule has 0 bridgehead atoms. The second-order valence-electron chi connectivity index (χ2n) is 4.35. The van der Waals surface area contributed by atoms with E-state index in [1.54, 1.807) is 0 Å². The summed E-state index contributed by atoms with van der Waals surface area (Å²) in [5.41, 5.74) is 9.35. The van der Waals surface area contributed by atoms with Gasteiger partial charge in [-0.15, -0.1) is 0 Å². The Morgan fingerprint density at radius 3 is 2.35 bits per heavy atom. The highest BCUT2D eigenvalue weighted by Gasteiger charge is 2.16. The number of anilines is 1. The van der Waals surface area contributed by atoms with E-state index in [-0.39, 0.29) is 0 Å². The van der Waals surface area contributed by atoms with Crippen molar-refractivity contribution in [3.63, 3.8) is 0 Å². The number of benzene rings is 2. The fourth-order valence-corrected chi connectivity index (χ4v) is 2.46. The molecule has 1 heterocycles. The van der Waals surface area contributed by atoms with Crippen LogP contribution in [0.5, 0.6) is 0 Å². The van der Waals surface area contributed by atoms with Gasteiger partial charge in [-0.2, -0.15) is 5.10 Å². The maximum atomic E-state index is 6.24. The molecule has 0 atom stereocenters. The summed E-state index contributed by atoms with van der Waals surface area (Å²) in [6.07, 6.45) is 0. The van der Waals surface area contributed by atoms with E-state index < -0.39 is 0 Å². The third-order valence-corrected chi connectivity index (χ3v) is 3.64. The molecule has 100 valence electrons. The lowest BCUT2D eigenvalue weighted by atomic mass is 10.0. The van der Waals surface area contributed by atoms with E-state index in [0.717, 1.165) is 22.4 Å². The van der Waals surface area contributed by atoms with Crippen LogP contribution in [0.3, 0.4) is 0 Å². The summed E-state index contributed by atoms with van der Waals surface area (Å²) in [6, 6.07) is 15.0. The average Bonchev–Trinajstić information content (AvgIpc) is 2.82. The predicted molar refractivity (Wildman–Crippen MR) is 83.9 cm³/mol. The van der Waals surface area contributed by atoms with Crippen molar-refractivity contribution in [1.29, 1.82) is 0 Å². The number of hydrogen-bond acceptors (Lipinski definition) is 2. The Hall–Kier alpha value is -1.97. The maximum absolute atomic E-state index is 6.24. The number of nitrogens with zero attached hydrogens (tertiary/aromatic N) is 1. The summed E-state index contributed by atoms with van der Waals surface area (Å²) in [7, 11) is 0. The zero-order valence-corrected chi connectivity index (χ0v) is 11.9. The highest BCUT2D eigenvalue weighted by molar-refractivity contribution is 6.33. The van der Waals surface area contributed by atoms with Gasteiger partial charge in [0.25, 0.3) is 0 Å². The van der Waals surface area contributed by atoms with Crippen molar-refractivity contribution in [2.24, 2.45) is 0 Å². The lowest BCUT2D eigenvalue weighted by Crippen LogP contribution is -1.89. The van der Waals surface area contributed by atoms with Gasteiger partial charge in [0.05, 0.1) is 10.6 Å². The van der Waals surface area contributed by atoms with Crippen LogP contribution in [0.1, 0.15) is 0 Å². The lowest BCUT2D eigenvalue weighted by Gasteiger charge is -2.06. The van der Waals surface area contributed by atoms with Gasteiger partial charge in [0.2, 0.25) is 0 Å². The lowest BCUT2D eigenvalue weighted by molar-refractivity contribution is 1.10. The topological polar surface area (TPSA) is 54.7 Å². The monoisotopic (exact) mass is 303 g/mol. The van der Waals surface area contributed by atoms with Crippen LogP contribution in [0.15, 0.2) is 48.5 Å². The van der Waals surface area contributed by atoms with E-state index in [0.29, 0.717) is 15.9 Å². The molecule has 0 aliphatic carbocycles. The molecule has 0 radical (unpaired) electrons. The Labute approximate surface area is 126 Å². The quantitative estimate of drug-likeness (QED) is 0.725. The van der Waals surface area contributed by atoms with Crippen LogP contribution in [0.25, 0.3) is 22.4 Å². The van der Waals surface area contributed by atoms with Gasteiger partial charge in [-0.3, -0.25) is 5.10 Å². The van der Waals surface area contributed by atoms with Crippen molar-refractivity contribution in [1.82, 2.24) is 10.2 Å². The Balaban J connectivity index is 2.20. The number of halogens is 2. The van der Waals surface area contributed by atoms with Gasteiger partial charge in [-0.05, 0) is 23.8 Å². The molecule has 0 unspecified atom stereocenters. The van der Waals surface area contributed by atoms with E-state index in [9.17, 15) is 0 Å². The Bertz CT molecular complexity index is 748. The van der Waals surface area contributed by atoms with Crippen LogP contribution in [0.2, 0.25) is 10.0 Å². The minimum Gasteiger partial charge on any atom is -0.384 e. The van der Waals surface area contributed by atoms with Crippen molar-refractivity contribution in [2.45, 2.75) is 0 Å². The number of H-pyrrole nitrogens is 1. The molecule has 1 aromatic heterocycles. The van der Waals surface area contributed by atoms with Gasteiger partial charge in [-0.1, -0.05) is 53.5 Å². The number of nitrogen functional groups attached to an aromatic ring is 1. The third kappa shape index (κ3) is 2.26. The largest absolute Gasteiger partial charge is 0.384 e. The van der Waals surface area contributed by atoms with Gasteiger partial charge in [-0.25, -0.2) is 0 Å². The van der Waals surface area contributed by atoms with E-state index in [1.807, 2.05) is 48.5 Å². The molecule has 3 nitrogen and oxygen atoms in total. The number of hydrogen-bond donors (Lipinski definition) is 2. The zero-order valence-electron chi connectivity index (χ0n) is 10.4. The number of nitrogens with two attached hydrogens (primary N) is 1. The summed E-state index contributed by atoms with van der Waals surface area (Å²) in [4.78, 5) is 0. The molecule has 20 heavy (non-hydrogen) atoms. The highest BCUT2D eigenvalue weighted by atomic mass is 35.5. The average molecular weight is 304 g/mol. The van der Waals surface area contributed by atoms with E-state index in [2.05, 4.69) is 10.2 Å². The van der Waals surface area contributed by atoms with Crippen LogP contribution in [-0.2, 0) is 0 Å². The summed E-state index contributed by atoms with van der Waals surface area (Å²) in [5, 5.41) is 8.40. The normalized spacial score (nSPS) is 10.7. The smallest absolute Gasteiger partial charge is 0.127 e. The summed E-state index contributed by atoms with van der Waals surface area (Å²) < 4.78 is 0. The van der Waals surface area contributed by atoms with Crippen molar-refractivity contribution in [3.8, 4) is 22.4 Å². The number of aromatic nitrogens is 2. The molecule has 0 fully saturated rings. The van der Waals surface area contributed by atoms with Crippen molar-refractivity contribution in [2.75, 3.05) is 5.73 Å². The first kappa shape index (κ1) is 13.0. The third-order valence-electron chi connectivity index (χ3n) is 3.06. The molecule has 3 aromatic rings. The molecular formula is C15H11Cl2N3. The maximum Gasteiger partial charge on any atom is 0.127 e. The van der Waals surface area contributed by atoms with Gasteiger partial charge >= 0.3 is 0 Å². The standard InChI is InChI=1S/C15H11Cl2N3/c16-10-7-5-9(6-8-10)13-14(19-20-15(13)18)11-3-1-2-4-12(11)17/h1-8H,(H3,18,19,20). The minimum atomic E-state index is 0.502. The summed E-state index contributed by atoms with van der Waals surface area (Å²) in [6.45, 7) is 0. The molecule has 3 rings (SSSR count). The molecule has 2 aromatic carbocycles. The molecule has 3 N–H and O–H groups in total. The first-order valence-electron chi connectivity index (χ1n) is 6.01. The van der Waals surface area contributed by atoms with Crippen LogP contribution in [-0.4, -0.2) is 10.2 Å². The molecule has 0 amide bonds. The Kier molecular flexibility index (Phi) is 3.38. The number of aromatic amines is 1. The molecule has 0 saturated carbocycles. The van der Waals surface area contributed by atoms with Crippen molar-refractivity contribution < 1.29 is 0 Å². The zero-order chi connectivity index (χ0) is 14.1. The van der Waals surface area contributed by atoms with Gasteiger partial charge < -0.3 is 5.73 Å². The van der Waals surface area contributed by atoms with E-state index in [1.165, 1.54) is 0 Å². The molecule has 0 spiro atoms. The van der Waals surface area contributed by atoms with E-state index >= 15 is 0 Å². The molecule has 5 heteroatoms. The van der Waals surface area contributed by atoms with Crippen molar-refractivity contribution in [3.05, 3.63) is 58.6 Å². The fraction of sp³-hybridized carbons (Fsp3) is 0. The van der Waals surface area contributed by atoms with Gasteiger partial charge in [0, 0.05) is 10.6 Å². The SMILES string of the molecule is Nc1[nH]nc(-c2ccccc2Cl)c1-c1ccc(Cl)cc1. The van der Waals surface area contributed by atoms with Gasteiger partial charge in [0.1, 0.15) is 11.5 Å². The molecular weight excluding hydrogens is 293 g/mol. The molecule has 0 aliphatic heterocycles. The van der Waals surface area contributed by atoms with Gasteiger partial charge in [0.15, 0.2) is 0 Å². The summed E-state index contributed by atoms with van der Waals surface area (Å²) >= 11 is 12.2. The minimum absolute atomic E-state index is 0.502. The van der Waals surface area contributed by atoms with E-state index in [4.69, 9.17) is 28.9 Å². The van der Waals surface area contributed by atoms with Crippen LogP contribution < -0.4 is 5.73 Å². The first-order valence-corrected chi connectivity index (χ1v) is 6.77. The van der Waals surface area contributed by atoms with Crippen LogP contribution in [0, 0.1) is 0 Å². The highest BCUT2D eigenvalue weighted by Crippen LogP contribution is 2.37. The van der Waals surface area contributed by atoms with Crippen LogP contribution >= 0.6 is 23.2 Å². The van der Waals surface area contributed by atoms with Crippen LogP contribution in [0.4, 0.5) is 5.82 Å². The first-order chi connectivity index (χ1) is 9.66. The predicted octanol–water partition coefficient (Wildman–Crippen LogP) is 4.63. The summed E-state index contributed by atoms with van der Waals surface area (Å²) in [5.74, 6) is 0.502. The fourth-order valence-electron chi connectivity index (χ4n) is 2.11. The van der Waals surface area contributed by atoms with Crippen molar-refractivity contribution >= 4 is 29.0 Å². The molecule has 0 aliphatic rings. The second-order valence-corrected chi connectivity index (χ2v) is 5.19.